The molecule has 0 bridgehead atoms. The van der Waals surface area contributed by atoms with Crippen LogP contribution in [0, 0.1) is 13.8 Å². The Balaban J connectivity index is 2.49. The average Bonchev–Trinajstić information content (AvgIpc) is 2.24. The first kappa shape index (κ1) is 13.2. The minimum atomic E-state index is -0.447. The van der Waals surface area contributed by atoms with Crippen LogP contribution in [-0.4, -0.2) is 31.9 Å². The number of benzene rings is 1. The van der Waals surface area contributed by atoms with Crippen molar-refractivity contribution in [3.63, 3.8) is 0 Å². The van der Waals surface area contributed by atoms with E-state index in [4.69, 9.17) is 4.74 Å². The summed E-state index contributed by atoms with van der Waals surface area (Å²) in [6.07, 6.45) is -0.447. The van der Waals surface area contributed by atoms with Crippen molar-refractivity contribution in [2.45, 2.75) is 20.0 Å². The molecule has 1 rings (SSSR count). The Morgan fingerprint density at radius 1 is 1.38 bits per heavy atom. The molecule has 0 saturated carbocycles. The standard InChI is InChI=1S/C13H21NO2/c1-10-4-5-12(11(2)8-10)13(15)9-14-6-7-16-3/h4-5,8,13-15H,6-7,9H2,1-3H3. The highest BCUT2D eigenvalue weighted by Crippen LogP contribution is 2.18. The summed E-state index contributed by atoms with van der Waals surface area (Å²) in [4.78, 5) is 0. The Morgan fingerprint density at radius 2 is 2.12 bits per heavy atom. The summed E-state index contributed by atoms with van der Waals surface area (Å²) in [6.45, 7) is 6.08. The molecule has 1 atom stereocenters. The molecule has 0 heterocycles. The maximum absolute atomic E-state index is 9.99. The zero-order valence-electron chi connectivity index (χ0n) is 10.3. The Bertz CT molecular complexity index is 326. The van der Waals surface area contributed by atoms with Gasteiger partial charge < -0.3 is 15.2 Å². The summed E-state index contributed by atoms with van der Waals surface area (Å²) < 4.78 is 4.92. The normalized spacial score (nSPS) is 12.8. The van der Waals surface area contributed by atoms with Gasteiger partial charge >= 0.3 is 0 Å². The van der Waals surface area contributed by atoms with Gasteiger partial charge in [0.1, 0.15) is 0 Å². The van der Waals surface area contributed by atoms with Crippen molar-refractivity contribution in [2.24, 2.45) is 0 Å². The van der Waals surface area contributed by atoms with Gasteiger partial charge in [0.25, 0.3) is 0 Å². The quantitative estimate of drug-likeness (QED) is 0.719. The highest BCUT2D eigenvalue weighted by atomic mass is 16.5. The molecule has 0 aliphatic rings. The van der Waals surface area contributed by atoms with Crippen LogP contribution < -0.4 is 5.32 Å². The first-order valence-electron chi connectivity index (χ1n) is 5.60. The maximum atomic E-state index is 9.99. The molecule has 90 valence electrons. The average molecular weight is 223 g/mol. The van der Waals surface area contributed by atoms with Gasteiger partial charge in [0.05, 0.1) is 12.7 Å². The van der Waals surface area contributed by atoms with E-state index in [9.17, 15) is 5.11 Å². The molecule has 1 unspecified atom stereocenters. The number of aliphatic hydroxyl groups excluding tert-OH is 1. The van der Waals surface area contributed by atoms with Crippen molar-refractivity contribution >= 4 is 0 Å². The van der Waals surface area contributed by atoms with E-state index >= 15 is 0 Å². The lowest BCUT2D eigenvalue weighted by Gasteiger charge is -2.15. The van der Waals surface area contributed by atoms with Gasteiger partial charge in [-0.15, -0.1) is 0 Å². The zero-order valence-corrected chi connectivity index (χ0v) is 10.3. The van der Waals surface area contributed by atoms with Crippen LogP contribution in [-0.2, 0) is 4.74 Å². The van der Waals surface area contributed by atoms with Crippen LogP contribution in [0.1, 0.15) is 22.8 Å². The first-order chi connectivity index (χ1) is 7.65. The third kappa shape index (κ3) is 3.93. The van der Waals surface area contributed by atoms with Crippen LogP contribution in [0.15, 0.2) is 18.2 Å². The highest BCUT2D eigenvalue weighted by molar-refractivity contribution is 5.32. The molecule has 1 aromatic rings. The second kappa shape index (κ2) is 6.63. The maximum Gasteiger partial charge on any atom is 0.0916 e. The summed E-state index contributed by atoms with van der Waals surface area (Å²) in [5, 5.41) is 13.1. The van der Waals surface area contributed by atoms with Gasteiger partial charge in [-0.05, 0) is 25.0 Å². The summed E-state index contributed by atoms with van der Waals surface area (Å²) >= 11 is 0. The first-order valence-corrected chi connectivity index (χ1v) is 5.60. The minimum absolute atomic E-state index is 0.447. The fraction of sp³-hybridized carbons (Fsp3) is 0.538. The lowest BCUT2D eigenvalue weighted by atomic mass is 10.0. The van der Waals surface area contributed by atoms with Crippen LogP contribution in [0.3, 0.4) is 0 Å². The molecule has 0 fully saturated rings. The third-order valence-electron chi connectivity index (χ3n) is 2.60. The molecule has 0 aliphatic carbocycles. The number of hydrogen-bond donors (Lipinski definition) is 2. The highest BCUT2D eigenvalue weighted by Gasteiger charge is 2.09. The molecule has 1 aromatic carbocycles. The van der Waals surface area contributed by atoms with Gasteiger partial charge in [-0.1, -0.05) is 23.8 Å². The second-order valence-electron chi connectivity index (χ2n) is 4.07. The number of methoxy groups -OCH3 is 1. The van der Waals surface area contributed by atoms with Gasteiger partial charge in [-0.25, -0.2) is 0 Å². The predicted molar refractivity (Wildman–Crippen MR) is 65.6 cm³/mol. The third-order valence-corrected chi connectivity index (χ3v) is 2.60. The van der Waals surface area contributed by atoms with Crippen molar-refractivity contribution in [3.05, 3.63) is 34.9 Å². The summed E-state index contributed by atoms with van der Waals surface area (Å²) in [7, 11) is 1.67. The molecule has 0 saturated heterocycles. The molecule has 0 spiro atoms. The van der Waals surface area contributed by atoms with E-state index in [1.807, 2.05) is 19.1 Å². The monoisotopic (exact) mass is 223 g/mol. The van der Waals surface area contributed by atoms with Crippen molar-refractivity contribution < 1.29 is 9.84 Å². The van der Waals surface area contributed by atoms with Crippen LogP contribution >= 0.6 is 0 Å². The number of aliphatic hydroxyl groups is 1. The van der Waals surface area contributed by atoms with Gasteiger partial charge in [0, 0.05) is 20.2 Å². The topological polar surface area (TPSA) is 41.5 Å². The van der Waals surface area contributed by atoms with E-state index in [-0.39, 0.29) is 0 Å². The Hall–Kier alpha value is -0.900. The number of ether oxygens (including phenoxy) is 1. The Morgan fingerprint density at radius 3 is 2.75 bits per heavy atom. The molecule has 16 heavy (non-hydrogen) atoms. The van der Waals surface area contributed by atoms with Gasteiger partial charge in [-0.2, -0.15) is 0 Å². The fourth-order valence-electron chi connectivity index (χ4n) is 1.72. The summed E-state index contributed by atoms with van der Waals surface area (Å²) in [5.74, 6) is 0. The van der Waals surface area contributed by atoms with E-state index in [1.54, 1.807) is 7.11 Å². The molecule has 2 N–H and O–H groups in total. The molecule has 3 heteroatoms. The lowest BCUT2D eigenvalue weighted by Crippen LogP contribution is -2.25. The largest absolute Gasteiger partial charge is 0.387 e. The molecule has 0 radical (unpaired) electrons. The Labute approximate surface area is 97.4 Å². The predicted octanol–water partition coefficient (Wildman–Crippen LogP) is 1.57. The molecule has 0 aliphatic heterocycles. The van der Waals surface area contributed by atoms with E-state index in [2.05, 4.69) is 18.3 Å². The van der Waals surface area contributed by atoms with Crippen LogP contribution in [0.4, 0.5) is 0 Å². The van der Waals surface area contributed by atoms with Crippen LogP contribution in [0.5, 0.6) is 0 Å². The van der Waals surface area contributed by atoms with Gasteiger partial charge in [-0.3, -0.25) is 0 Å². The fourth-order valence-corrected chi connectivity index (χ4v) is 1.72. The number of rotatable bonds is 6. The lowest BCUT2D eigenvalue weighted by molar-refractivity contribution is 0.161. The van der Waals surface area contributed by atoms with Crippen LogP contribution in [0.2, 0.25) is 0 Å². The molecule has 0 amide bonds. The zero-order chi connectivity index (χ0) is 12.0. The van der Waals surface area contributed by atoms with Crippen molar-refractivity contribution in [1.29, 1.82) is 0 Å². The van der Waals surface area contributed by atoms with Crippen molar-refractivity contribution in [2.75, 3.05) is 26.8 Å². The summed E-state index contributed by atoms with van der Waals surface area (Å²) in [5.41, 5.74) is 3.36. The molecule has 3 nitrogen and oxygen atoms in total. The summed E-state index contributed by atoms with van der Waals surface area (Å²) in [6, 6.07) is 6.11. The van der Waals surface area contributed by atoms with E-state index in [0.29, 0.717) is 13.2 Å². The number of aryl methyl sites for hydroxylation is 2. The SMILES string of the molecule is COCCNCC(O)c1ccc(C)cc1C. The van der Waals surface area contributed by atoms with E-state index in [0.717, 1.165) is 17.7 Å². The Kier molecular flexibility index (Phi) is 5.46. The number of hydrogen-bond acceptors (Lipinski definition) is 3. The van der Waals surface area contributed by atoms with E-state index < -0.39 is 6.10 Å². The van der Waals surface area contributed by atoms with Crippen LogP contribution in [0.25, 0.3) is 0 Å². The van der Waals surface area contributed by atoms with Gasteiger partial charge in [0.2, 0.25) is 0 Å². The van der Waals surface area contributed by atoms with E-state index in [1.165, 1.54) is 5.56 Å². The molecule has 0 aromatic heterocycles. The van der Waals surface area contributed by atoms with Crippen molar-refractivity contribution in [3.8, 4) is 0 Å². The molecular formula is C13H21NO2. The second-order valence-corrected chi connectivity index (χ2v) is 4.07. The number of nitrogens with one attached hydrogen (secondary N) is 1. The smallest absolute Gasteiger partial charge is 0.0916 e. The molecular weight excluding hydrogens is 202 g/mol. The van der Waals surface area contributed by atoms with Crippen molar-refractivity contribution in [1.82, 2.24) is 5.32 Å². The van der Waals surface area contributed by atoms with Gasteiger partial charge in [0.15, 0.2) is 0 Å². The minimum Gasteiger partial charge on any atom is -0.387 e.